The fourth-order valence-corrected chi connectivity index (χ4v) is 4.21. The first-order valence-corrected chi connectivity index (χ1v) is 9.13. The summed E-state index contributed by atoms with van der Waals surface area (Å²) in [5.41, 5.74) is -0.151. The molecule has 0 bridgehead atoms. The van der Waals surface area contributed by atoms with Crippen molar-refractivity contribution in [1.82, 2.24) is 19.8 Å². The van der Waals surface area contributed by atoms with E-state index in [0.717, 1.165) is 0 Å². The van der Waals surface area contributed by atoms with Crippen molar-refractivity contribution < 1.29 is 9.59 Å². The van der Waals surface area contributed by atoms with Gasteiger partial charge in [-0.2, -0.15) is 0 Å². The van der Waals surface area contributed by atoms with Crippen LogP contribution >= 0.6 is 23.1 Å². The van der Waals surface area contributed by atoms with Crippen molar-refractivity contribution in [2.75, 3.05) is 13.1 Å². The van der Waals surface area contributed by atoms with Gasteiger partial charge in [0.25, 0.3) is 5.56 Å². The van der Waals surface area contributed by atoms with Crippen molar-refractivity contribution >= 4 is 45.3 Å². The monoisotopic (exact) mass is 364 g/mol. The Bertz CT molecular complexity index is 873. The molecule has 7 nitrogen and oxygen atoms in total. The molecule has 1 fully saturated rings. The quantitative estimate of drug-likeness (QED) is 0.496. The van der Waals surface area contributed by atoms with Crippen LogP contribution in [0, 0.1) is 0 Å². The fourth-order valence-electron chi connectivity index (χ4n) is 2.42. The van der Waals surface area contributed by atoms with Crippen molar-refractivity contribution in [2.24, 2.45) is 0 Å². The van der Waals surface area contributed by atoms with Crippen molar-refractivity contribution in [3.05, 3.63) is 34.5 Å². The first kappa shape index (κ1) is 16.7. The predicted molar refractivity (Wildman–Crippen MR) is 94.5 cm³/mol. The van der Waals surface area contributed by atoms with Crippen LogP contribution in [0.2, 0.25) is 0 Å². The Morgan fingerprint density at radius 1 is 1.58 bits per heavy atom. The smallest absolute Gasteiger partial charge is 0.324 e. The lowest BCUT2D eigenvalue weighted by atomic mass is 10.4. The van der Waals surface area contributed by atoms with Gasteiger partial charge < -0.3 is 5.32 Å². The maximum Gasteiger partial charge on any atom is 0.324 e. The molecule has 0 spiro atoms. The number of amides is 3. The number of aromatic nitrogens is 2. The van der Waals surface area contributed by atoms with Gasteiger partial charge >= 0.3 is 6.03 Å². The van der Waals surface area contributed by atoms with E-state index >= 15 is 0 Å². The Morgan fingerprint density at radius 3 is 3.04 bits per heavy atom. The largest absolute Gasteiger partial charge is 0.336 e. The zero-order chi connectivity index (χ0) is 17.3. The Morgan fingerprint density at radius 2 is 2.38 bits per heavy atom. The molecule has 9 heteroatoms. The number of hydrogen-bond acceptors (Lipinski definition) is 6. The van der Waals surface area contributed by atoms with Gasteiger partial charge in [-0.05, 0) is 18.4 Å². The summed E-state index contributed by atoms with van der Waals surface area (Å²) in [6.45, 7) is 6.51. The molecule has 1 aliphatic rings. The highest BCUT2D eigenvalue weighted by Crippen LogP contribution is 2.25. The van der Waals surface area contributed by atoms with E-state index in [1.807, 2.05) is 5.38 Å². The number of rotatable bonds is 5. The van der Waals surface area contributed by atoms with E-state index < -0.39 is 5.25 Å². The average molecular weight is 364 g/mol. The van der Waals surface area contributed by atoms with E-state index in [-0.39, 0.29) is 17.5 Å². The summed E-state index contributed by atoms with van der Waals surface area (Å²) in [6.07, 6.45) is 1.62. The SMILES string of the molecule is C=CCn1c(S[C@H](C)C(=O)N2CCNC2=O)nc2sccc2c1=O. The first-order valence-electron chi connectivity index (χ1n) is 7.37. The van der Waals surface area contributed by atoms with Gasteiger partial charge in [0.1, 0.15) is 4.83 Å². The second-order valence-corrected chi connectivity index (χ2v) is 7.42. The van der Waals surface area contributed by atoms with Crippen LogP contribution in [0.1, 0.15) is 6.92 Å². The minimum atomic E-state index is -0.533. The van der Waals surface area contributed by atoms with Crippen molar-refractivity contribution in [2.45, 2.75) is 23.9 Å². The molecule has 1 atom stereocenters. The number of nitrogens with one attached hydrogen (secondary N) is 1. The average Bonchev–Trinajstić information content (AvgIpc) is 3.19. The second-order valence-electron chi connectivity index (χ2n) is 5.22. The molecule has 0 aliphatic carbocycles. The van der Waals surface area contributed by atoms with Gasteiger partial charge in [-0.1, -0.05) is 17.8 Å². The van der Waals surface area contributed by atoms with Crippen LogP contribution in [0.25, 0.3) is 10.2 Å². The van der Waals surface area contributed by atoms with E-state index in [2.05, 4.69) is 16.9 Å². The number of nitrogens with zero attached hydrogens (tertiary/aromatic N) is 3. The van der Waals surface area contributed by atoms with Crippen LogP contribution in [-0.4, -0.2) is 44.7 Å². The van der Waals surface area contributed by atoms with Gasteiger partial charge in [-0.3, -0.25) is 19.1 Å². The van der Waals surface area contributed by atoms with Gasteiger partial charge in [0, 0.05) is 19.6 Å². The van der Waals surface area contributed by atoms with Crippen molar-refractivity contribution in [3.8, 4) is 0 Å². The third-order valence-corrected chi connectivity index (χ3v) is 5.50. The molecule has 3 amide bonds. The zero-order valence-corrected chi connectivity index (χ0v) is 14.7. The number of allylic oxidation sites excluding steroid dienone is 1. The van der Waals surface area contributed by atoms with Crippen LogP contribution in [0.15, 0.2) is 34.1 Å². The number of hydrogen-bond donors (Lipinski definition) is 1. The molecule has 0 radical (unpaired) electrons. The van der Waals surface area contributed by atoms with E-state index in [4.69, 9.17) is 0 Å². The summed E-state index contributed by atoms with van der Waals surface area (Å²) in [7, 11) is 0. The minimum absolute atomic E-state index is 0.151. The van der Waals surface area contributed by atoms with Gasteiger partial charge in [0.2, 0.25) is 5.91 Å². The Hall–Kier alpha value is -2.13. The number of thiophene rings is 1. The molecule has 0 saturated carbocycles. The Labute approximate surface area is 146 Å². The molecule has 24 heavy (non-hydrogen) atoms. The van der Waals surface area contributed by atoms with Gasteiger partial charge in [0.05, 0.1) is 10.6 Å². The van der Waals surface area contributed by atoms with E-state index in [0.29, 0.717) is 35.0 Å². The fraction of sp³-hybridized carbons (Fsp3) is 0.333. The normalized spacial score (nSPS) is 15.5. The molecular weight excluding hydrogens is 348 g/mol. The standard InChI is InChI=1S/C15H16N4O3S2/c1-3-6-19-13(21)10-4-8-23-11(10)17-15(19)24-9(2)12(20)18-7-5-16-14(18)22/h3-4,8-9H,1,5-7H2,2H3,(H,16,22)/t9-/m1/s1. The van der Waals surface area contributed by atoms with Gasteiger partial charge in [-0.15, -0.1) is 17.9 Å². The third kappa shape index (κ3) is 2.96. The Kier molecular flexibility index (Phi) is 4.72. The highest BCUT2D eigenvalue weighted by molar-refractivity contribution is 8.00. The lowest BCUT2D eigenvalue weighted by molar-refractivity contribution is -0.126. The summed E-state index contributed by atoms with van der Waals surface area (Å²) in [5.74, 6) is -0.291. The zero-order valence-electron chi connectivity index (χ0n) is 13.0. The number of carbonyl (C=O) groups excluding carboxylic acids is 2. The van der Waals surface area contributed by atoms with Crippen molar-refractivity contribution in [1.29, 1.82) is 0 Å². The Balaban J connectivity index is 1.92. The maximum absolute atomic E-state index is 12.6. The molecule has 2 aromatic heterocycles. The number of carbonyl (C=O) groups is 2. The number of imide groups is 1. The van der Waals surface area contributed by atoms with Crippen LogP contribution in [0.5, 0.6) is 0 Å². The molecule has 126 valence electrons. The summed E-state index contributed by atoms with van der Waals surface area (Å²) >= 11 is 2.56. The highest BCUT2D eigenvalue weighted by Gasteiger charge is 2.31. The van der Waals surface area contributed by atoms with Crippen LogP contribution in [0.3, 0.4) is 0 Å². The molecule has 3 heterocycles. The van der Waals surface area contributed by atoms with Crippen LogP contribution in [0.4, 0.5) is 4.79 Å². The predicted octanol–water partition coefficient (Wildman–Crippen LogP) is 1.68. The number of fused-ring (bicyclic) bond motifs is 1. The van der Waals surface area contributed by atoms with Crippen LogP contribution in [-0.2, 0) is 11.3 Å². The molecule has 1 N–H and O–H groups in total. The summed E-state index contributed by atoms with van der Waals surface area (Å²) in [5, 5.41) is 4.90. The van der Waals surface area contributed by atoms with E-state index in [1.165, 1.54) is 32.6 Å². The summed E-state index contributed by atoms with van der Waals surface area (Å²) < 4.78 is 1.50. The van der Waals surface area contributed by atoms with Crippen molar-refractivity contribution in [3.63, 3.8) is 0 Å². The van der Waals surface area contributed by atoms with Gasteiger partial charge in [0.15, 0.2) is 5.16 Å². The summed E-state index contributed by atoms with van der Waals surface area (Å²) in [6, 6.07) is 1.37. The van der Waals surface area contributed by atoms with Gasteiger partial charge in [-0.25, -0.2) is 9.78 Å². The second kappa shape index (κ2) is 6.78. The molecule has 0 aromatic carbocycles. The topological polar surface area (TPSA) is 84.3 Å². The molecule has 1 aliphatic heterocycles. The summed E-state index contributed by atoms with van der Waals surface area (Å²) in [4.78, 5) is 43.0. The maximum atomic E-state index is 12.6. The lowest BCUT2D eigenvalue weighted by Crippen LogP contribution is -2.39. The number of thioether (sulfide) groups is 1. The lowest BCUT2D eigenvalue weighted by Gasteiger charge is -2.18. The minimum Gasteiger partial charge on any atom is -0.336 e. The molecule has 1 saturated heterocycles. The third-order valence-electron chi connectivity index (χ3n) is 3.61. The first-order chi connectivity index (χ1) is 11.5. The molecular formula is C15H16N4O3S2. The highest BCUT2D eigenvalue weighted by atomic mass is 32.2. The van der Waals surface area contributed by atoms with E-state index in [1.54, 1.807) is 19.1 Å². The molecule has 2 aromatic rings. The number of urea groups is 1. The molecule has 0 unspecified atom stereocenters. The van der Waals surface area contributed by atoms with Crippen LogP contribution < -0.4 is 10.9 Å². The molecule has 3 rings (SSSR count). The van der Waals surface area contributed by atoms with E-state index in [9.17, 15) is 14.4 Å².